The lowest BCUT2D eigenvalue weighted by molar-refractivity contribution is -0.137. The summed E-state index contributed by atoms with van der Waals surface area (Å²) in [5.74, 6) is -0.478. The number of nitrogens with two attached hydrogens (primary N) is 2. The lowest BCUT2D eigenvalue weighted by Gasteiger charge is -2.16. The van der Waals surface area contributed by atoms with Crippen LogP contribution in [0.4, 0.5) is 19.0 Å². The molecule has 6 nitrogen and oxygen atoms in total. The summed E-state index contributed by atoms with van der Waals surface area (Å²) in [6.45, 7) is 0. The van der Waals surface area contributed by atoms with E-state index in [-0.39, 0.29) is 11.4 Å². The molecule has 2 heterocycles. The molecule has 0 aliphatic rings. The van der Waals surface area contributed by atoms with Gasteiger partial charge in [-0.3, -0.25) is 9.48 Å². The van der Waals surface area contributed by atoms with E-state index in [1.165, 1.54) is 23.0 Å². The van der Waals surface area contributed by atoms with Crippen molar-refractivity contribution < 1.29 is 18.0 Å². The highest BCUT2D eigenvalue weighted by molar-refractivity contribution is 6.30. The molecule has 1 amide bonds. The van der Waals surface area contributed by atoms with Crippen LogP contribution in [0.5, 0.6) is 0 Å². The highest BCUT2D eigenvalue weighted by Gasteiger charge is 2.31. The third-order valence-corrected chi connectivity index (χ3v) is 5.37. The summed E-state index contributed by atoms with van der Waals surface area (Å²) in [6.07, 6.45) is 0.164. The van der Waals surface area contributed by atoms with Gasteiger partial charge in [0, 0.05) is 28.5 Å². The summed E-state index contributed by atoms with van der Waals surface area (Å²) in [5.41, 5.74) is 13.9. The van der Waals surface area contributed by atoms with E-state index < -0.39 is 23.7 Å². The van der Waals surface area contributed by atoms with Crippen molar-refractivity contribution in [3.8, 4) is 22.3 Å². The Labute approximate surface area is 191 Å². The van der Waals surface area contributed by atoms with Gasteiger partial charge >= 0.3 is 6.18 Å². The maximum absolute atomic E-state index is 12.9. The third kappa shape index (κ3) is 4.54. The van der Waals surface area contributed by atoms with Crippen molar-refractivity contribution in [2.75, 3.05) is 5.73 Å². The van der Waals surface area contributed by atoms with Crippen LogP contribution in [0.25, 0.3) is 22.3 Å². The van der Waals surface area contributed by atoms with Crippen molar-refractivity contribution in [3.63, 3.8) is 0 Å². The number of halogens is 4. The SMILES string of the molecule is NC(=O)[C@@H](c1ccc(C(F)(F)F)cc1)n1cc(-c2ccnc(N)c2-c2ccc(Cl)cc2)cn1. The summed E-state index contributed by atoms with van der Waals surface area (Å²) in [7, 11) is 0. The fourth-order valence-electron chi connectivity index (χ4n) is 3.56. The number of hydrogen-bond donors (Lipinski definition) is 2. The summed E-state index contributed by atoms with van der Waals surface area (Å²) < 4.78 is 40.0. The number of nitrogen functional groups attached to an aromatic ring is 1. The summed E-state index contributed by atoms with van der Waals surface area (Å²) in [5, 5.41) is 4.82. The van der Waals surface area contributed by atoms with Gasteiger partial charge in [0.25, 0.3) is 0 Å². The van der Waals surface area contributed by atoms with Crippen molar-refractivity contribution in [3.05, 3.63) is 89.3 Å². The molecule has 2 aromatic heterocycles. The Bertz CT molecular complexity index is 1300. The minimum absolute atomic E-state index is 0.275. The maximum atomic E-state index is 12.9. The first-order valence-electron chi connectivity index (χ1n) is 9.66. The molecule has 0 radical (unpaired) electrons. The van der Waals surface area contributed by atoms with Crippen molar-refractivity contribution in [2.45, 2.75) is 12.2 Å². The van der Waals surface area contributed by atoms with E-state index in [1.807, 2.05) is 0 Å². The Morgan fingerprint density at radius 2 is 1.67 bits per heavy atom. The summed E-state index contributed by atoms with van der Waals surface area (Å²) >= 11 is 5.99. The Morgan fingerprint density at radius 1 is 1.00 bits per heavy atom. The van der Waals surface area contributed by atoms with Crippen molar-refractivity contribution in [2.24, 2.45) is 5.73 Å². The highest BCUT2D eigenvalue weighted by atomic mass is 35.5. The first kappa shape index (κ1) is 22.3. The van der Waals surface area contributed by atoms with Crippen LogP contribution in [0.15, 0.2) is 73.2 Å². The predicted molar refractivity (Wildman–Crippen MR) is 119 cm³/mol. The van der Waals surface area contributed by atoms with Crippen LogP contribution < -0.4 is 11.5 Å². The van der Waals surface area contributed by atoms with E-state index in [0.29, 0.717) is 21.7 Å². The van der Waals surface area contributed by atoms with Crippen LogP contribution in [0.1, 0.15) is 17.2 Å². The number of pyridine rings is 1. The molecule has 1 atom stereocenters. The largest absolute Gasteiger partial charge is 0.416 e. The van der Waals surface area contributed by atoms with Crippen LogP contribution in [0.2, 0.25) is 5.02 Å². The lowest BCUT2D eigenvalue weighted by atomic mass is 9.97. The topological polar surface area (TPSA) is 99.8 Å². The van der Waals surface area contributed by atoms with Crippen molar-refractivity contribution >= 4 is 23.3 Å². The molecule has 10 heteroatoms. The van der Waals surface area contributed by atoms with E-state index in [2.05, 4.69) is 10.1 Å². The Balaban J connectivity index is 1.75. The second-order valence-corrected chi connectivity index (χ2v) is 7.70. The van der Waals surface area contributed by atoms with Crippen LogP contribution in [0, 0.1) is 0 Å². The molecule has 0 spiro atoms. The molecule has 0 unspecified atom stereocenters. The minimum atomic E-state index is -4.49. The van der Waals surface area contributed by atoms with E-state index in [9.17, 15) is 18.0 Å². The van der Waals surface area contributed by atoms with Gasteiger partial charge in [0.2, 0.25) is 5.91 Å². The van der Waals surface area contributed by atoms with Gasteiger partial charge in [-0.15, -0.1) is 0 Å². The number of rotatable bonds is 5. The van der Waals surface area contributed by atoms with E-state index >= 15 is 0 Å². The van der Waals surface area contributed by atoms with Crippen molar-refractivity contribution in [1.82, 2.24) is 14.8 Å². The van der Waals surface area contributed by atoms with Gasteiger partial charge in [0.1, 0.15) is 5.82 Å². The third-order valence-electron chi connectivity index (χ3n) is 5.11. The van der Waals surface area contributed by atoms with Gasteiger partial charge in [-0.2, -0.15) is 18.3 Å². The van der Waals surface area contributed by atoms with Gasteiger partial charge in [0.15, 0.2) is 6.04 Å². The zero-order valence-electron chi connectivity index (χ0n) is 16.9. The molecule has 0 fully saturated rings. The zero-order chi connectivity index (χ0) is 23.8. The number of nitrogens with zero attached hydrogens (tertiary/aromatic N) is 3. The van der Waals surface area contributed by atoms with E-state index in [1.54, 1.807) is 42.7 Å². The second-order valence-electron chi connectivity index (χ2n) is 7.26. The predicted octanol–water partition coefficient (Wildman–Crippen LogP) is 4.94. The number of aromatic nitrogens is 3. The molecule has 4 rings (SSSR count). The molecule has 4 aromatic rings. The molecule has 0 bridgehead atoms. The molecule has 168 valence electrons. The number of benzene rings is 2. The normalized spacial score (nSPS) is 12.5. The number of primary amides is 1. The van der Waals surface area contributed by atoms with Crippen molar-refractivity contribution in [1.29, 1.82) is 0 Å². The molecular weight excluding hydrogens is 455 g/mol. The second kappa shape index (κ2) is 8.59. The van der Waals surface area contributed by atoms with E-state index in [4.69, 9.17) is 23.1 Å². The van der Waals surface area contributed by atoms with Crippen LogP contribution in [0.3, 0.4) is 0 Å². The Kier molecular flexibility index (Phi) is 5.82. The smallest absolute Gasteiger partial charge is 0.383 e. The van der Waals surface area contributed by atoms with Crippen LogP contribution >= 0.6 is 11.6 Å². The van der Waals surface area contributed by atoms with Gasteiger partial charge in [0.05, 0.1) is 11.8 Å². The molecule has 0 saturated heterocycles. The number of carbonyl (C=O) groups excluding carboxylic acids is 1. The molecule has 0 saturated carbocycles. The molecule has 33 heavy (non-hydrogen) atoms. The summed E-state index contributed by atoms with van der Waals surface area (Å²) in [4.78, 5) is 16.4. The first-order chi connectivity index (χ1) is 15.6. The fourth-order valence-corrected chi connectivity index (χ4v) is 3.68. The Hall–Kier alpha value is -3.85. The molecule has 0 aliphatic heterocycles. The summed E-state index contributed by atoms with van der Waals surface area (Å²) in [6, 6.07) is 11.9. The van der Waals surface area contributed by atoms with Crippen LogP contribution in [-0.4, -0.2) is 20.7 Å². The van der Waals surface area contributed by atoms with Crippen LogP contribution in [-0.2, 0) is 11.0 Å². The lowest BCUT2D eigenvalue weighted by Crippen LogP contribution is -2.28. The standard InChI is InChI=1S/C23H17ClF3N5O/c24-17-7-3-13(4-8-17)19-18(9-10-30-21(19)28)15-11-31-32(12-15)20(22(29)33)14-1-5-16(6-2-14)23(25,26)27/h1-12,20H,(H2,28,30)(H2,29,33)/t20-/m1/s1. The average molecular weight is 472 g/mol. The number of anilines is 1. The quantitative estimate of drug-likeness (QED) is 0.430. The van der Waals surface area contributed by atoms with E-state index in [0.717, 1.165) is 17.7 Å². The molecule has 0 aliphatic carbocycles. The Morgan fingerprint density at radius 3 is 2.27 bits per heavy atom. The van der Waals surface area contributed by atoms with Gasteiger partial charge < -0.3 is 11.5 Å². The molecule has 4 N–H and O–H groups in total. The zero-order valence-corrected chi connectivity index (χ0v) is 17.7. The molecular formula is C23H17ClF3N5O. The first-order valence-corrected chi connectivity index (χ1v) is 10.0. The maximum Gasteiger partial charge on any atom is 0.416 e. The van der Waals surface area contributed by atoms with Gasteiger partial charge in [-0.05, 0) is 47.0 Å². The average Bonchev–Trinajstić information content (AvgIpc) is 3.23. The highest BCUT2D eigenvalue weighted by Crippen LogP contribution is 2.36. The minimum Gasteiger partial charge on any atom is -0.383 e. The monoisotopic (exact) mass is 471 g/mol. The number of amides is 1. The molecule has 2 aromatic carbocycles. The fraction of sp³-hybridized carbons (Fsp3) is 0.0870. The van der Waals surface area contributed by atoms with Gasteiger partial charge in [-0.1, -0.05) is 35.9 Å². The number of carbonyl (C=O) groups is 1. The number of alkyl halides is 3. The number of hydrogen-bond acceptors (Lipinski definition) is 4. The van der Waals surface area contributed by atoms with Gasteiger partial charge in [-0.25, -0.2) is 4.98 Å².